The molecule has 0 radical (unpaired) electrons. The molecule has 0 spiro atoms. The molecule has 4 nitrogen and oxygen atoms in total. The van der Waals surface area contributed by atoms with Crippen LogP contribution in [0.4, 0.5) is 0 Å². The molecule has 0 amide bonds. The van der Waals surface area contributed by atoms with Gasteiger partial charge in [-0.25, -0.2) is 0 Å². The van der Waals surface area contributed by atoms with Gasteiger partial charge in [-0.05, 0) is 43.9 Å². The van der Waals surface area contributed by atoms with Crippen molar-refractivity contribution in [3.63, 3.8) is 0 Å². The molecule has 0 saturated carbocycles. The lowest BCUT2D eigenvalue weighted by Crippen LogP contribution is -2.29. The molecular weight excluding hydrogens is 264 g/mol. The third-order valence-corrected chi connectivity index (χ3v) is 3.59. The number of hydrazine groups is 1. The molecular formula is C17H30N2O2. The van der Waals surface area contributed by atoms with Crippen LogP contribution in [0.5, 0.6) is 11.5 Å². The summed E-state index contributed by atoms with van der Waals surface area (Å²) in [5.41, 5.74) is 4.08. The summed E-state index contributed by atoms with van der Waals surface area (Å²) in [6.07, 6.45) is 3.43. The number of nitrogens with two attached hydrogens (primary N) is 1. The maximum Gasteiger partial charge on any atom is 0.161 e. The van der Waals surface area contributed by atoms with Gasteiger partial charge in [0.25, 0.3) is 0 Å². The largest absolute Gasteiger partial charge is 0.490 e. The first-order valence-electron chi connectivity index (χ1n) is 8.01. The molecule has 1 rings (SSSR count). The van der Waals surface area contributed by atoms with E-state index in [0.717, 1.165) is 23.5 Å². The van der Waals surface area contributed by atoms with E-state index >= 15 is 0 Å². The number of hydrogen-bond donors (Lipinski definition) is 2. The van der Waals surface area contributed by atoms with Crippen molar-refractivity contribution in [3.8, 4) is 11.5 Å². The summed E-state index contributed by atoms with van der Waals surface area (Å²) in [4.78, 5) is 0. The first kappa shape index (κ1) is 17.8. The fourth-order valence-corrected chi connectivity index (χ4v) is 2.60. The van der Waals surface area contributed by atoms with Crippen molar-refractivity contribution in [2.75, 3.05) is 13.2 Å². The Bertz CT molecular complexity index is 410. The van der Waals surface area contributed by atoms with Gasteiger partial charge >= 0.3 is 0 Å². The van der Waals surface area contributed by atoms with E-state index in [0.29, 0.717) is 19.1 Å². The molecule has 0 saturated heterocycles. The van der Waals surface area contributed by atoms with E-state index in [4.69, 9.17) is 15.3 Å². The Morgan fingerprint density at radius 1 is 1.10 bits per heavy atom. The number of rotatable bonds is 10. The first-order chi connectivity index (χ1) is 10.2. The summed E-state index contributed by atoms with van der Waals surface area (Å²) >= 11 is 0. The Kier molecular flexibility index (Phi) is 8.16. The molecule has 1 aromatic carbocycles. The fourth-order valence-electron chi connectivity index (χ4n) is 2.60. The zero-order valence-electron chi connectivity index (χ0n) is 13.8. The maximum atomic E-state index is 5.75. The molecule has 3 N–H and O–H groups in total. The smallest absolute Gasteiger partial charge is 0.161 e. The third-order valence-electron chi connectivity index (χ3n) is 3.59. The van der Waals surface area contributed by atoms with Gasteiger partial charge in [0, 0.05) is 6.04 Å². The van der Waals surface area contributed by atoms with Gasteiger partial charge in [0.1, 0.15) is 0 Å². The summed E-state index contributed by atoms with van der Waals surface area (Å²) in [7, 11) is 0. The SMILES string of the molecule is CCCC(C)CC(NN)c1ccc(OCC)c(OCC)c1. The Labute approximate surface area is 129 Å². The Balaban J connectivity index is 2.90. The highest BCUT2D eigenvalue weighted by Crippen LogP contribution is 2.32. The van der Waals surface area contributed by atoms with Gasteiger partial charge in [0.05, 0.1) is 13.2 Å². The molecule has 21 heavy (non-hydrogen) atoms. The molecule has 0 heterocycles. The molecule has 120 valence electrons. The molecule has 0 aliphatic rings. The number of benzene rings is 1. The lowest BCUT2D eigenvalue weighted by atomic mass is 9.93. The Morgan fingerprint density at radius 2 is 1.76 bits per heavy atom. The molecule has 0 aliphatic heterocycles. The van der Waals surface area contributed by atoms with E-state index in [2.05, 4.69) is 25.3 Å². The second kappa shape index (κ2) is 9.64. The summed E-state index contributed by atoms with van der Waals surface area (Å²) in [6.45, 7) is 9.68. The van der Waals surface area contributed by atoms with E-state index in [-0.39, 0.29) is 6.04 Å². The average Bonchev–Trinajstić information content (AvgIpc) is 2.47. The highest BCUT2D eigenvalue weighted by molar-refractivity contribution is 5.44. The third kappa shape index (κ3) is 5.56. The van der Waals surface area contributed by atoms with Crippen LogP contribution in [-0.2, 0) is 0 Å². The van der Waals surface area contributed by atoms with Crippen LogP contribution in [0.1, 0.15) is 58.6 Å². The van der Waals surface area contributed by atoms with E-state index in [1.165, 1.54) is 12.8 Å². The van der Waals surface area contributed by atoms with Crippen LogP contribution in [-0.4, -0.2) is 13.2 Å². The monoisotopic (exact) mass is 294 g/mol. The van der Waals surface area contributed by atoms with Crippen LogP contribution in [0, 0.1) is 5.92 Å². The Hall–Kier alpha value is -1.26. The number of nitrogens with one attached hydrogen (secondary N) is 1. The van der Waals surface area contributed by atoms with Crippen molar-refractivity contribution in [3.05, 3.63) is 23.8 Å². The van der Waals surface area contributed by atoms with E-state index in [9.17, 15) is 0 Å². The zero-order chi connectivity index (χ0) is 15.7. The topological polar surface area (TPSA) is 56.5 Å². The van der Waals surface area contributed by atoms with Crippen molar-refractivity contribution in [2.24, 2.45) is 11.8 Å². The predicted molar refractivity (Wildman–Crippen MR) is 87.5 cm³/mol. The molecule has 0 bridgehead atoms. The van der Waals surface area contributed by atoms with Gasteiger partial charge in [-0.3, -0.25) is 11.3 Å². The van der Waals surface area contributed by atoms with Crippen LogP contribution in [0.25, 0.3) is 0 Å². The number of hydrogen-bond acceptors (Lipinski definition) is 4. The van der Waals surface area contributed by atoms with E-state index in [1.54, 1.807) is 0 Å². The van der Waals surface area contributed by atoms with Crippen molar-refractivity contribution >= 4 is 0 Å². The molecule has 1 aromatic rings. The zero-order valence-corrected chi connectivity index (χ0v) is 13.8. The van der Waals surface area contributed by atoms with Gasteiger partial charge in [-0.1, -0.05) is 32.8 Å². The average molecular weight is 294 g/mol. The second-order valence-corrected chi connectivity index (χ2v) is 5.42. The van der Waals surface area contributed by atoms with Crippen molar-refractivity contribution in [1.82, 2.24) is 5.43 Å². The molecule has 2 unspecified atom stereocenters. The lowest BCUT2D eigenvalue weighted by molar-refractivity contribution is 0.286. The highest BCUT2D eigenvalue weighted by Gasteiger charge is 2.16. The van der Waals surface area contributed by atoms with Crippen LogP contribution in [0.3, 0.4) is 0 Å². The van der Waals surface area contributed by atoms with Crippen LogP contribution in [0.15, 0.2) is 18.2 Å². The number of ether oxygens (including phenoxy) is 2. The van der Waals surface area contributed by atoms with E-state index in [1.807, 2.05) is 26.0 Å². The highest BCUT2D eigenvalue weighted by atomic mass is 16.5. The molecule has 0 aliphatic carbocycles. The lowest BCUT2D eigenvalue weighted by Gasteiger charge is -2.22. The van der Waals surface area contributed by atoms with Gasteiger partial charge in [-0.15, -0.1) is 0 Å². The van der Waals surface area contributed by atoms with Gasteiger partial charge < -0.3 is 9.47 Å². The summed E-state index contributed by atoms with van der Waals surface area (Å²) in [5.74, 6) is 7.97. The summed E-state index contributed by atoms with van der Waals surface area (Å²) in [6, 6.07) is 6.22. The summed E-state index contributed by atoms with van der Waals surface area (Å²) < 4.78 is 11.3. The summed E-state index contributed by atoms with van der Waals surface area (Å²) in [5, 5.41) is 0. The molecule has 0 aromatic heterocycles. The minimum absolute atomic E-state index is 0.140. The van der Waals surface area contributed by atoms with Gasteiger partial charge in [-0.2, -0.15) is 0 Å². The molecule has 4 heteroatoms. The maximum absolute atomic E-state index is 5.75. The van der Waals surface area contributed by atoms with Gasteiger partial charge in [0.2, 0.25) is 0 Å². The normalized spacial score (nSPS) is 13.8. The van der Waals surface area contributed by atoms with Crippen molar-refractivity contribution < 1.29 is 9.47 Å². The Morgan fingerprint density at radius 3 is 2.33 bits per heavy atom. The van der Waals surface area contributed by atoms with E-state index < -0.39 is 0 Å². The van der Waals surface area contributed by atoms with Crippen LogP contribution >= 0.6 is 0 Å². The fraction of sp³-hybridized carbons (Fsp3) is 0.647. The standard InChI is InChI=1S/C17H30N2O2/c1-5-8-13(4)11-15(19-18)14-9-10-16(20-6-2)17(12-14)21-7-3/h9-10,12-13,15,19H,5-8,11,18H2,1-4H3. The van der Waals surface area contributed by atoms with Crippen LogP contribution < -0.4 is 20.7 Å². The second-order valence-electron chi connectivity index (χ2n) is 5.42. The van der Waals surface area contributed by atoms with Crippen molar-refractivity contribution in [1.29, 1.82) is 0 Å². The molecule has 2 atom stereocenters. The molecule has 0 fully saturated rings. The minimum Gasteiger partial charge on any atom is -0.490 e. The quantitative estimate of drug-likeness (QED) is 0.509. The van der Waals surface area contributed by atoms with Crippen LogP contribution in [0.2, 0.25) is 0 Å². The minimum atomic E-state index is 0.140. The first-order valence-corrected chi connectivity index (χ1v) is 8.01. The predicted octanol–water partition coefficient (Wildman–Crippen LogP) is 3.81. The van der Waals surface area contributed by atoms with Crippen molar-refractivity contribution in [2.45, 2.75) is 53.0 Å². The van der Waals surface area contributed by atoms with Gasteiger partial charge in [0.15, 0.2) is 11.5 Å².